The molecule has 1 N–H and O–H groups in total. The number of nitrogens with zero attached hydrogens (tertiary/aromatic N) is 2. The molecule has 0 unspecified atom stereocenters. The molecule has 0 bridgehead atoms. The molecular weight excluding hydrogens is 284 g/mol. The number of aromatic hydroxyl groups is 1. The minimum absolute atomic E-state index is 0.0390. The maximum absolute atomic E-state index is 12.4. The van der Waals surface area contributed by atoms with Gasteiger partial charge in [-0.2, -0.15) is 5.10 Å². The fourth-order valence-corrected chi connectivity index (χ4v) is 3.04. The van der Waals surface area contributed by atoms with Crippen molar-refractivity contribution in [1.29, 1.82) is 0 Å². The van der Waals surface area contributed by atoms with E-state index in [1.807, 2.05) is 0 Å². The number of aromatic nitrogens is 2. The van der Waals surface area contributed by atoms with Crippen molar-refractivity contribution in [2.75, 3.05) is 6.61 Å². The molecule has 1 aliphatic carbocycles. The first-order valence-electron chi connectivity index (χ1n) is 7.74. The molecule has 2 rings (SSSR count). The van der Waals surface area contributed by atoms with Crippen molar-refractivity contribution in [3.63, 3.8) is 0 Å². The molecule has 0 aliphatic heterocycles. The zero-order valence-corrected chi connectivity index (χ0v) is 13.7. The zero-order chi connectivity index (χ0) is 16.5. The summed E-state index contributed by atoms with van der Waals surface area (Å²) in [5.41, 5.74) is 0.0454. The zero-order valence-electron chi connectivity index (χ0n) is 13.7. The lowest BCUT2D eigenvalue weighted by Crippen LogP contribution is -2.31. The highest BCUT2D eigenvalue weighted by Crippen LogP contribution is 2.43. The Bertz CT molecular complexity index is 624. The van der Waals surface area contributed by atoms with E-state index in [-0.39, 0.29) is 34.9 Å². The molecule has 122 valence electrons. The molecule has 0 atom stereocenters. The normalized spacial score (nSPS) is 18.2. The summed E-state index contributed by atoms with van der Waals surface area (Å²) in [6, 6.07) is 0. The molecule has 6 nitrogen and oxygen atoms in total. The van der Waals surface area contributed by atoms with Crippen LogP contribution in [0.15, 0.2) is 4.79 Å². The van der Waals surface area contributed by atoms with Gasteiger partial charge in [-0.15, -0.1) is 0 Å². The Labute approximate surface area is 130 Å². The molecule has 1 fully saturated rings. The third-order valence-corrected chi connectivity index (χ3v) is 4.47. The first-order valence-corrected chi connectivity index (χ1v) is 7.74. The van der Waals surface area contributed by atoms with Gasteiger partial charge in [-0.25, -0.2) is 9.48 Å². The van der Waals surface area contributed by atoms with E-state index in [1.165, 1.54) is 7.05 Å². The quantitative estimate of drug-likeness (QED) is 0.867. The molecule has 0 aromatic carbocycles. The minimum Gasteiger partial charge on any atom is -0.505 e. The molecule has 0 saturated heterocycles. The third-order valence-electron chi connectivity index (χ3n) is 4.47. The van der Waals surface area contributed by atoms with Crippen LogP contribution in [0.1, 0.15) is 68.4 Å². The van der Waals surface area contributed by atoms with Crippen LogP contribution in [-0.2, 0) is 11.8 Å². The highest BCUT2D eigenvalue weighted by Gasteiger charge is 2.33. The Morgan fingerprint density at radius 2 is 2.00 bits per heavy atom. The molecule has 1 aromatic heterocycles. The average molecular weight is 308 g/mol. The van der Waals surface area contributed by atoms with Crippen LogP contribution in [0.3, 0.4) is 0 Å². The summed E-state index contributed by atoms with van der Waals surface area (Å²) in [5, 5.41) is 14.3. The maximum atomic E-state index is 12.4. The summed E-state index contributed by atoms with van der Waals surface area (Å²) in [5.74, 6) is -1.05. The van der Waals surface area contributed by atoms with Gasteiger partial charge in [-0.3, -0.25) is 4.79 Å². The molecule has 1 aliphatic rings. The monoisotopic (exact) mass is 308 g/mol. The summed E-state index contributed by atoms with van der Waals surface area (Å²) in [4.78, 5) is 24.3. The van der Waals surface area contributed by atoms with Gasteiger partial charge in [0.2, 0.25) is 5.69 Å². The van der Waals surface area contributed by atoms with Crippen LogP contribution in [0.4, 0.5) is 0 Å². The number of hydrogen-bond donors (Lipinski definition) is 1. The Morgan fingerprint density at radius 3 is 2.55 bits per heavy atom. The standard InChI is InChI=1S/C16H24N2O4/c1-5-22-15(21)12-13(19)11(14(20)18(4)17-12)10-6-8-16(2,3)9-7-10/h10,19H,5-9H2,1-4H3. The maximum Gasteiger partial charge on any atom is 0.362 e. The van der Waals surface area contributed by atoms with Crippen molar-refractivity contribution in [3.05, 3.63) is 21.6 Å². The van der Waals surface area contributed by atoms with Crippen LogP contribution < -0.4 is 5.56 Å². The molecule has 1 heterocycles. The van der Waals surface area contributed by atoms with E-state index in [2.05, 4.69) is 18.9 Å². The van der Waals surface area contributed by atoms with Crippen LogP contribution in [-0.4, -0.2) is 27.5 Å². The number of esters is 1. The molecular formula is C16H24N2O4. The fourth-order valence-electron chi connectivity index (χ4n) is 3.04. The summed E-state index contributed by atoms with van der Waals surface area (Å²) in [6.07, 6.45) is 3.61. The molecule has 22 heavy (non-hydrogen) atoms. The molecule has 0 amide bonds. The number of ether oxygens (including phenoxy) is 1. The van der Waals surface area contributed by atoms with E-state index in [0.717, 1.165) is 30.4 Å². The topological polar surface area (TPSA) is 81.4 Å². The predicted molar refractivity (Wildman–Crippen MR) is 82.1 cm³/mol. The number of rotatable bonds is 3. The van der Waals surface area contributed by atoms with Gasteiger partial charge in [0.1, 0.15) is 0 Å². The van der Waals surface area contributed by atoms with Crippen molar-refractivity contribution in [2.45, 2.75) is 52.4 Å². The van der Waals surface area contributed by atoms with Gasteiger partial charge in [0.25, 0.3) is 5.56 Å². The van der Waals surface area contributed by atoms with Crippen molar-refractivity contribution in [2.24, 2.45) is 12.5 Å². The van der Waals surface area contributed by atoms with Crippen molar-refractivity contribution in [1.82, 2.24) is 9.78 Å². The van der Waals surface area contributed by atoms with Crippen LogP contribution in [0.2, 0.25) is 0 Å². The molecule has 0 spiro atoms. The Hall–Kier alpha value is -1.85. The molecule has 0 radical (unpaired) electrons. The predicted octanol–water partition coefficient (Wildman–Crippen LogP) is 2.35. The van der Waals surface area contributed by atoms with Gasteiger partial charge in [0.05, 0.1) is 12.2 Å². The van der Waals surface area contributed by atoms with E-state index in [4.69, 9.17) is 4.74 Å². The van der Waals surface area contributed by atoms with E-state index in [9.17, 15) is 14.7 Å². The van der Waals surface area contributed by atoms with Crippen LogP contribution in [0.25, 0.3) is 0 Å². The third kappa shape index (κ3) is 3.15. The van der Waals surface area contributed by atoms with Gasteiger partial charge < -0.3 is 9.84 Å². The first kappa shape index (κ1) is 16.5. The van der Waals surface area contributed by atoms with Crippen LogP contribution >= 0.6 is 0 Å². The van der Waals surface area contributed by atoms with E-state index >= 15 is 0 Å². The first-order chi connectivity index (χ1) is 10.3. The summed E-state index contributed by atoms with van der Waals surface area (Å²) >= 11 is 0. The van der Waals surface area contributed by atoms with Gasteiger partial charge in [0.15, 0.2) is 5.75 Å². The minimum atomic E-state index is -0.701. The Balaban J connectivity index is 2.43. The lowest BCUT2D eigenvalue weighted by atomic mass is 9.71. The van der Waals surface area contributed by atoms with Crippen LogP contribution in [0.5, 0.6) is 5.75 Å². The molecule has 1 saturated carbocycles. The lowest BCUT2D eigenvalue weighted by Gasteiger charge is -2.34. The SMILES string of the molecule is CCOC(=O)c1nn(C)c(=O)c(C2CCC(C)(C)CC2)c1O. The van der Waals surface area contributed by atoms with E-state index < -0.39 is 5.97 Å². The van der Waals surface area contributed by atoms with Crippen LogP contribution in [0, 0.1) is 5.41 Å². The fraction of sp³-hybridized carbons (Fsp3) is 0.688. The number of aryl methyl sites for hydroxylation is 1. The van der Waals surface area contributed by atoms with Crippen molar-refractivity contribution in [3.8, 4) is 5.75 Å². The lowest BCUT2D eigenvalue weighted by molar-refractivity contribution is 0.0512. The van der Waals surface area contributed by atoms with E-state index in [1.54, 1.807) is 6.92 Å². The van der Waals surface area contributed by atoms with Gasteiger partial charge in [-0.05, 0) is 43.9 Å². The Morgan fingerprint density at radius 1 is 1.41 bits per heavy atom. The van der Waals surface area contributed by atoms with Crippen molar-refractivity contribution < 1.29 is 14.6 Å². The second kappa shape index (κ2) is 6.10. The summed E-state index contributed by atoms with van der Waals surface area (Å²) < 4.78 is 6.01. The molecule has 6 heteroatoms. The van der Waals surface area contributed by atoms with Gasteiger partial charge in [-0.1, -0.05) is 13.8 Å². The van der Waals surface area contributed by atoms with Gasteiger partial charge >= 0.3 is 5.97 Å². The largest absolute Gasteiger partial charge is 0.505 e. The average Bonchev–Trinajstić information content (AvgIpc) is 2.45. The Kier molecular flexibility index (Phi) is 4.58. The molecule has 1 aromatic rings. The summed E-state index contributed by atoms with van der Waals surface area (Å²) in [7, 11) is 1.49. The smallest absolute Gasteiger partial charge is 0.362 e. The number of carbonyl (C=O) groups excluding carboxylic acids is 1. The highest BCUT2D eigenvalue weighted by molar-refractivity contribution is 5.90. The second-order valence-electron chi connectivity index (χ2n) is 6.70. The highest BCUT2D eigenvalue weighted by atomic mass is 16.5. The summed E-state index contributed by atoms with van der Waals surface area (Å²) in [6.45, 7) is 6.28. The van der Waals surface area contributed by atoms with E-state index in [0.29, 0.717) is 5.56 Å². The number of carbonyl (C=O) groups is 1. The van der Waals surface area contributed by atoms with Gasteiger partial charge in [0, 0.05) is 7.05 Å². The van der Waals surface area contributed by atoms with Crippen molar-refractivity contribution >= 4 is 5.97 Å². The second-order valence-corrected chi connectivity index (χ2v) is 6.70. The number of hydrogen-bond acceptors (Lipinski definition) is 5.